The van der Waals surface area contributed by atoms with E-state index in [1.807, 2.05) is 0 Å². The van der Waals surface area contributed by atoms with Crippen LogP contribution in [0, 0.1) is 15.5 Å². The molecule has 0 spiro atoms. The number of hydrogen-bond donors (Lipinski definition) is 6. The molecule has 0 aliphatic carbocycles. The molecule has 1 unspecified atom stereocenters. The molecule has 0 saturated carbocycles. The van der Waals surface area contributed by atoms with E-state index in [0.717, 1.165) is 0 Å². The Bertz CT molecular complexity index is 1030. The fourth-order valence-electron chi connectivity index (χ4n) is 4.20. The first-order chi connectivity index (χ1) is 18.0. The predicted molar refractivity (Wildman–Crippen MR) is 132 cm³/mol. The lowest BCUT2D eigenvalue weighted by atomic mass is 9.91. The Morgan fingerprint density at radius 2 is 1.28 bits per heavy atom. The van der Waals surface area contributed by atoms with Crippen LogP contribution in [0.2, 0.25) is 0 Å². The van der Waals surface area contributed by atoms with Crippen molar-refractivity contribution in [1.82, 2.24) is 15.1 Å². The summed E-state index contributed by atoms with van der Waals surface area (Å²) in [5, 5.41) is 59.8. The summed E-state index contributed by atoms with van der Waals surface area (Å²) in [5.74, 6) is -7.12. The molecule has 1 aromatic carbocycles. The highest BCUT2D eigenvalue weighted by Gasteiger charge is 2.32. The number of carboxylic acid groups (broad SMARTS) is 5. The Balaban J connectivity index is 3.25. The maximum Gasteiger partial charge on any atom is 0.332 e. The number of rotatable bonds is 19. The van der Waals surface area contributed by atoms with Crippen LogP contribution in [0.1, 0.15) is 19.4 Å². The van der Waals surface area contributed by atoms with Crippen molar-refractivity contribution in [3.8, 4) is 0 Å². The molecule has 16 heteroatoms. The van der Waals surface area contributed by atoms with Crippen molar-refractivity contribution in [2.75, 3.05) is 39.3 Å². The van der Waals surface area contributed by atoms with Gasteiger partial charge in [-0.15, -0.1) is 0 Å². The van der Waals surface area contributed by atoms with Crippen LogP contribution < -0.4 is 5.32 Å². The van der Waals surface area contributed by atoms with Gasteiger partial charge in [-0.2, -0.15) is 0 Å². The maximum absolute atomic E-state index is 11.6. The molecule has 0 aliphatic heterocycles. The van der Waals surface area contributed by atoms with E-state index in [1.165, 1.54) is 34.1 Å². The van der Waals surface area contributed by atoms with Gasteiger partial charge in [0.2, 0.25) is 6.04 Å². The minimum Gasteiger partial charge on any atom is -0.480 e. The standard InChI is InChI=1S/C23H32N4O12/c1-23(2,13-26(10-18(30)31)11-19(32)33)12-25(9-17(28)29)8-15(24-20(21(34)35)22(36)37)7-14-3-5-16(6-4-14)27(38)39/h3-6,15,20,24H,7-13H2,1-2H3,(H,28,29)(H,30,31)(H,32,33)(H,34,35)(H,36,37). The average molecular weight is 557 g/mol. The van der Waals surface area contributed by atoms with E-state index in [9.17, 15) is 49.4 Å². The van der Waals surface area contributed by atoms with E-state index in [1.54, 1.807) is 13.8 Å². The first-order valence-electron chi connectivity index (χ1n) is 11.5. The van der Waals surface area contributed by atoms with Gasteiger partial charge >= 0.3 is 29.8 Å². The van der Waals surface area contributed by atoms with Crippen molar-refractivity contribution in [3.63, 3.8) is 0 Å². The number of carboxylic acids is 5. The topological polar surface area (TPSA) is 248 Å². The number of nitrogens with zero attached hydrogens (tertiary/aromatic N) is 3. The van der Waals surface area contributed by atoms with Gasteiger partial charge in [0.15, 0.2) is 0 Å². The van der Waals surface area contributed by atoms with Gasteiger partial charge in [-0.3, -0.25) is 39.6 Å². The molecular weight excluding hydrogens is 524 g/mol. The highest BCUT2D eigenvalue weighted by atomic mass is 16.6. The van der Waals surface area contributed by atoms with Gasteiger partial charge in [0.1, 0.15) is 0 Å². The van der Waals surface area contributed by atoms with Crippen LogP contribution >= 0.6 is 0 Å². The Morgan fingerprint density at radius 3 is 1.69 bits per heavy atom. The van der Waals surface area contributed by atoms with Crippen LogP contribution in [0.3, 0.4) is 0 Å². The summed E-state index contributed by atoms with van der Waals surface area (Å²) in [6.07, 6.45) is -0.0181. The van der Waals surface area contributed by atoms with Crippen LogP contribution in [0.15, 0.2) is 24.3 Å². The second-order valence-corrected chi connectivity index (χ2v) is 9.76. The summed E-state index contributed by atoms with van der Waals surface area (Å²) in [5.41, 5.74) is -0.577. The van der Waals surface area contributed by atoms with Gasteiger partial charge in [-0.1, -0.05) is 26.0 Å². The lowest BCUT2D eigenvalue weighted by Crippen LogP contribution is -2.55. The van der Waals surface area contributed by atoms with E-state index in [2.05, 4.69) is 5.32 Å². The van der Waals surface area contributed by atoms with Crippen LogP contribution in [0.25, 0.3) is 0 Å². The molecule has 0 aromatic heterocycles. The Kier molecular flexibility index (Phi) is 12.4. The molecule has 0 aliphatic rings. The molecule has 0 amide bonds. The Hall–Kier alpha value is -4.15. The highest BCUT2D eigenvalue weighted by molar-refractivity contribution is 5.97. The van der Waals surface area contributed by atoms with Crippen molar-refractivity contribution in [3.05, 3.63) is 39.9 Å². The normalized spacial score (nSPS) is 12.4. The summed E-state index contributed by atoms with van der Waals surface area (Å²) < 4.78 is 0. The summed E-state index contributed by atoms with van der Waals surface area (Å²) >= 11 is 0. The zero-order chi connectivity index (χ0) is 29.9. The van der Waals surface area contributed by atoms with Gasteiger partial charge in [-0.05, 0) is 17.4 Å². The first-order valence-corrected chi connectivity index (χ1v) is 11.5. The third kappa shape index (κ3) is 12.8. The number of nitro benzene ring substituents is 1. The number of carbonyl (C=O) groups is 5. The molecule has 1 atom stereocenters. The van der Waals surface area contributed by atoms with Gasteiger partial charge in [-0.25, -0.2) is 9.59 Å². The molecule has 0 heterocycles. The molecule has 0 radical (unpaired) electrons. The predicted octanol–water partition coefficient (Wildman–Crippen LogP) is -0.483. The van der Waals surface area contributed by atoms with E-state index < -0.39 is 71.9 Å². The third-order valence-electron chi connectivity index (χ3n) is 5.38. The monoisotopic (exact) mass is 556 g/mol. The van der Waals surface area contributed by atoms with Crippen molar-refractivity contribution in [2.45, 2.75) is 32.4 Å². The number of nitro groups is 1. The number of nitrogens with one attached hydrogen (secondary N) is 1. The smallest absolute Gasteiger partial charge is 0.332 e. The van der Waals surface area contributed by atoms with Crippen molar-refractivity contribution < 1.29 is 54.4 Å². The molecular formula is C23H32N4O12. The zero-order valence-electron chi connectivity index (χ0n) is 21.3. The quantitative estimate of drug-likeness (QED) is 0.0715. The average Bonchev–Trinajstić information content (AvgIpc) is 2.75. The Labute approximate surface area is 222 Å². The minimum absolute atomic E-state index is 0.0156. The van der Waals surface area contributed by atoms with Gasteiger partial charge < -0.3 is 25.5 Å². The van der Waals surface area contributed by atoms with E-state index >= 15 is 0 Å². The van der Waals surface area contributed by atoms with E-state index in [4.69, 9.17) is 10.2 Å². The lowest BCUT2D eigenvalue weighted by molar-refractivity contribution is -0.384. The molecule has 16 nitrogen and oxygen atoms in total. The van der Waals surface area contributed by atoms with E-state index in [-0.39, 0.29) is 31.7 Å². The number of aliphatic carboxylic acids is 5. The highest BCUT2D eigenvalue weighted by Crippen LogP contribution is 2.20. The zero-order valence-corrected chi connectivity index (χ0v) is 21.3. The molecule has 1 rings (SSSR count). The van der Waals surface area contributed by atoms with Crippen molar-refractivity contribution in [1.29, 1.82) is 0 Å². The second-order valence-electron chi connectivity index (χ2n) is 9.76. The van der Waals surface area contributed by atoms with Crippen molar-refractivity contribution in [2.24, 2.45) is 5.41 Å². The van der Waals surface area contributed by atoms with Gasteiger partial charge in [0.25, 0.3) is 5.69 Å². The minimum atomic E-state index is -2.03. The summed E-state index contributed by atoms with van der Waals surface area (Å²) in [6.45, 7) is 1.39. The lowest BCUT2D eigenvalue weighted by Gasteiger charge is -2.37. The fraction of sp³-hybridized carbons (Fsp3) is 0.522. The van der Waals surface area contributed by atoms with Crippen LogP contribution in [0.4, 0.5) is 5.69 Å². The van der Waals surface area contributed by atoms with E-state index in [0.29, 0.717) is 5.56 Å². The number of benzene rings is 1. The maximum atomic E-state index is 11.6. The van der Waals surface area contributed by atoms with Gasteiger partial charge in [0, 0.05) is 37.8 Å². The summed E-state index contributed by atoms with van der Waals surface area (Å²) in [4.78, 5) is 69.9. The molecule has 39 heavy (non-hydrogen) atoms. The number of non-ortho nitro benzene ring substituents is 1. The fourth-order valence-corrected chi connectivity index (χ4v) is 4.20. The van der Waals surface area contributed by atoms with Crippen molar-refractivity contribution >= 4 is 35.5 Å². The molecule has 6 N–H and O–H groups in total. The molecule has 0 fully saturated rings. The molecule has 0 saturated heterocycles. The summed E-state index contributed by atoms with van der Waals surface area (Å²) in [7, 11) is 0. The third-order valence-corrected chi connectivity index (χ3v) is 5.38. The second kappa shape index (κ2) is 14.7. The summed E-state index contributed by atoms with van der Waals surface area (Å²) in [6, 6.07) is 2.27. The molecule has 216 valence electrons. The van der Waals surface area contributed by atoms with Crippen LogP contribution in [-0.2, 0) is 30.4 Å². The molecule has 0 bridgehead atoms. The Morgan fingerprint density at radius 1 is 0.846 bits per heavy atom. The SMILES string of the molecule is CC(C)(CN(CC(=O)O)CC(=O)O)CN(CC(=O)O)CC(Cc1ccc([N+](=O)[O-])cc1)NC(C(=O)O)C(=O)O. The van der Waals surface area contributed by atoms with Gasteiger partial charge in [0.05, 0.1) is 24.6 Å². The molecule has 1 aromatic rings. The van der Waals surface area contributed by atoms with Crippen LogP contribution in [-0.4, -0.2) is 121 Å². The van der Waals surface area contributed by atoms with Crippen LogP contribution in [0.5, 0.6) is 0 Å². The number of hydrogen-bond acceptors (Lipinski definition) is 10. The largest absolute Gasteiger partial charge is 0.480 e. The first kappa shape index (κ1) is 32.9.